The van der Waals surface area contributed by atoms with Crippen LogP contribution in [0.25, 0.3) is 0 Å². The summed E-state index contributed by atoms with van der Waals surface area (Å²) in [4.78, 5) is 37.6. The number of thioether (sulfide) groups is 1. The van der Waals surface area contributed by atoms with Crippen LogP contribution < -0.4 is 20.1 Å². The zero-order valence-electron chi connectivity index (χ0n) is 16.6. The Balaban J connectivity index is 1.47. The average Bonchev–Trinajstić information content (AvgIpc) is 3.16. The van der Waals surface area contributed by atoms with Crippen molar-refractivity contribution in [3.63, 3.8) is 0 Å². The zero-order valence-corrected chi connectivity index (χ0v) is 17.4. The molecule has 0 atom stereocenters. The van der Waals surface area contributed by atoms with E-state index in [0.717, 1.165) is 5.75 Å². The third kappa shape index (κ3) is 6.15. The van der Waals surface area contributed by atoms with Gasteiger partial charge in [-0.05, 0) is 30.3 Å². The standard InChI is InChI=1S/C21H23N3O5S/c1-28-17-7-2-3-8-18(17)29-14-20(26)23-16-6-4-5-15(13-16)22-19(25)9-10-24-11-12-30-21(24)27/h2-8,13H,9-12,14H2,1H3,(H,22,25)(H,23,26). The maximum Gasteiger partial charge on any atom is 0.281 e. The highest BCUT2D eigenvalue weighted by molar-refractivity contribution is 8.13. The van der Waals surface area contributed by atoms with Gasteiger partial charge in [0.15, 0.2) is 18.1 Å². The molecule has 1 heterocycles. The van der Waals surface area contributed by atoms with Crippen molar-refractivity contribution in [1.82, 2.24) is 4.90 Å². The Morgan fingerprint density at radius 3 is 2.40 bits per heavy atom. The number of ether oxygens (including phenoxy) is 2. The van der Waals surface area contributed by atoms with Crippen molar-refractivity contribution in [2.24, 2.45) is 0 Å². The fraction of sp³-hybridized carbons (Fsp3) is 0.286. The summed E-state index contributed by atoms with van der Waals surface area (Å²) in [5.74, 6) is 1.26. The Morgan fingerprint density at radius 1 is 1.03 bits per heavy atom. The molecular weight excluding hydrogens is 406 g/mol. The van der Waals surface area contributed by atoms with E-state index in [1.54, 1.807) is 47.4 Å². The second kappa shape index (κ2) is 10.5. The molecule has 2 aromatic carbocycles. The molecule has 0 radical (unpaired) electrons. The van der Waals surface area contributed by atoms with Gasteiger partial charge in [0.25, 0.3) is 11.1 Å². The number of amides is 3. The SMILES string of the molecule is COc1ccccc1OCC(=O)Nc1cccc(NC(=O)CCN2CCSC2=O)c1. The lowest BCUT2D eigenvalue weighted by Gasteiger charge is -2.14. The zero-order chi connectivity index (χ0) is 21.3. The molecule has 0 bridgehead atoms. The highest BCUT2D eigenvalue weighted by Crippen LogP contribution is 2.25. The lowest BCUT2D eigenvalue weighted by atomic mass is 10.2. The molecule has 3 amide bonds. The molecule has 9 heteroatoms. The topological polar surface area (TPSA) is 97.0 Å². The number of anilines is 2. The highest BCUT2D eigenvalue weighted by atomic mass is 32.2. The van der Waals surface area contributed by atoms with Gasteiger partial charge in [-0.25, -0.2) is 0 Å². The molecule has 1 aliphatic rings. The van der Waals surface area contributed by atoms with Gasteiger partial charge in [0.05, 0.1) is 7.11 Å². The van der Waals surface area contributed by atoms with Crippen LogP contribution in [-0.4, -0.2) is 54.5 Å². The van der Waals surface area contributed by atoms with Crippen molar-refractivity contribution in [2.45, 2.75) is 6.42 Å². The van der Waals surface area contributed by atoms with Gasteiger partial charge in [0.1, 0.15) is 0 Å². The van der Waals surface area contributed by atoms with Crippen LogP contribution in [0.3, 0.4) is 0 Å². The van der Waals surface area contributed by atoms with Crippen LogP contribution in [0.5, 0.6) is 11.5 Å². The molecule has 0 saturated carbocycles. The Labute approximate surface area is 178 Å². The van der Waals surface area contributed by atoms with E-state index in [0.29, 0.717) is 36.0 Å². The largest absolute Gasteiger partial charge is 0.493 e. The summed E-state index contributed by atoms with van der Waals surface area (Å²) in [5.41, 5.74) is 1.10. The minimum atomic E-state index is -0.338. The number of nitrogens with zero attached hydrogens (tertiary/aromatic N) is 1. The van der Waals surface area contributed by atoms with Crippen LogP contribution in [0.4, 0.5) is 16.2 Å². The van der Waals surface area contributed by atoms with Crippen molar-refractivity contribution >= 4 is 40.2 Å². The number of carbonyl (C=O) groups excluding carboxylic acids is 3. The lowest BCUT2D eigenvalue weighted by Crippen LogP contribution is -2.27. The summed E-state index contributed by atoms with van der Waals surface area (Å²) in [6.07, 6.45) is 0.218. The molecule has 158 valence electrons. The second-order valence-electron chi connectivity index (χ2n) is 6.47. The Morgan fingerprint density at radius 2 is 1.73 bits per heavy atom. The second-order valence-corrected chi connectivity index (χ2v) is 7.51. The fourth-order valence-corrected chi connectivity index (χ4v) is 3.69. The summed E-state index contributed by atoms with van der Waals surface area (Å²) in [7, 11) is 1.53. The minimum Gasteiger partial charge on any atom is -0.493 e. The molecule has 30 heavy (non-hydrogen) atoms. The number of para-hydroxylation sites is 2. The van der Waals surface area contributed by atoms with E-state index in [9.17, 15) is 14.4 Å². The molecular formula is C21H23N3O5S. The first-order chi connectivity index (χ1) is 14.5. The molecule has 2 aromatic rings. The molecule has 8 nitrogen and oxygen atoms in total. The number of hydrogen-bond acceptors (Lipinski definition) is 6. The van der Waals surface area contributed by atoms with E-state index in [4.69, 9.17) is 9.47 Å². The predicted molar refractivity (Wildman–Crippen MR) is 116 cm³/mol. The maximum atomic E-state index is 12.2. The van der Waals surface area contributed by atoms with Crippen molar-refractivity contribution < 1.29 is 23.9 Å². The van der Waals surface area contributed by atoms with E-state index in [1.165, 1.54) is 18.9 Å². The van der Waals surface area contributed by atoms with Crippen LogP contribution in [0.15, 0.2) is 48.5 Å². The molecule has 0 aliphatic carbocycles. The van der Waals surface area contributed by atoms with Gasteiger partial charge in [-0.3, -0.25) is 14.4 Å². The van der Waals surface area contributed by atoms with E-state index in [2.05, 4.69) is 10.6 Å². The first kappa shape index (κ1) is 21.5. The van der Waals surface area contributed by atoms with Crippen molar-refractivity contribution in [1.29, 1.82) is 0 Å². The van der Waals surface area contributed by atoms with E-state index in [-0.39, 0.29) is 30.1 Å². The summed E-state index contributed by atoms with van der Waals surface area (Å²) < 4.78 is 10.7. The maximum absolute atomic E-state index is 12.2. The van der Waals surface area contributed by atoms with Gasteiger partial charge in [0, 0.05) is 36.6 Å². The Kier molecular flexibility index (Phi) is 7.56. The van der Waals surface area contributed by atoms with Gasteiger partial charge in [0.2, 0.25) is 5.91 Å². The quantitative estimate of drug-likeness (QED) is 0.635. The third-order valence-electron chi connectivity index (χ3n) is 4.31. The van der Waals surface area contributed by atoms with E-state index >= 15 is 0 Å². The normalized spacial score (nSPS) is 13.1. The number of nitrogens with one attached hydrogen (secondary N) is 2. The van der Waals surface area contributed by atoms with Crippen molar-refractivity contribution in [3.05, 3.63) is 48.5 Å². The lowest BCUT2D eigenvalue weighted by molar-refractivity contribution is -0.118. The minimum absolute atomic E-state index is 0.0165. The fourth-order valence-electron chi connectivity index (χ4n) is 2.84. The smallest absolute Gasteiger partial charge is 0.281 e. The number of rotatable bonds is 9. The molecule has 0 spiro atoms. The molecule has 1 saturated heterocycles. The van der Waals surface area contributed by atoms with Crippen molar-refractivity contribution in [3.8, 4) is 11.5 Å². The molecule has 3 rings (SSSR count). The Hall–Kier alpha value is -3.20. The average molecular weight is 429 g/mol. The van der Waals surface area contributed by atoms with Gasteiger partial charge in [-0.1, -0.05) is 30.0 Å². The summed E-state index contributed by atoms with van der Waals surface area (Å²) in [5, 5.41) is 5.54. The Bertz CT molecular complexity index is 921. The van der Waals surface area contributed by atoms with Crippen molar-refractivity contribution in [2.75, 3.05) is 43.2 Å². The summed E-state index contributed by atoms with van der Waals surface area (Å²) in [6, 6.07) is 13.9. The van der Waals surface area contributed by atoms with Crippen LogP contribution >= 0.6 is 11.8 Å². The number of carbonyl (C=O) groups is 3. The van der Waals surface area contributed by atoms with Crippen LogP contribution in [0.1, 0.15) is 6.42 Å². The van der Waals surface area contributed by atoms with E-state index < -0.39 is 0 Å². The molecule has 2 N–H and O–H groups in total. The number of benzene rings is 2. The predicted octanol–water partition coefficient (Wildman–Crippen LogP) is 3.21. The first-order valence-electron chi connectivity index (χ1n) is 9.42. The van der Waals surface area contributed by atoms with Crippen LogP contribution in [0.2, 0.25) is 0 Å². The molecule has 0 unspecified atom stereocenters. The van der Waals surface area contributed by atoms with Gasteiger partial charge < -0.3 is 25.0 Å². The number of methoxy groups -OCH3 is 1. The van der Waals surface area contributed by atoms with Gasteiger partial charge in [-0.2, -0.15) is 0 Å². The summed E-state index contributed by atoms with van der Waals surface area (Å²) >= 11 is 1.27. The first-order valence-corrected chi connectivity index (χ1v) is 10.4. The van der Waals surface area contributed by atoms with E-state index in [1.807, 2.05) is 6.07 Å². The summed E-state index contributed by atoms with van der Waals surface area (Å²) in [6.45, 7) is 0.891. The van der Waals surface area contributed by atoms with Gasteiger partial charge in [-0.15, -0.1) is 0 Å². The highest BCUT2D eigenvalue weighted by Gasteiger charge is 2.21. The van der Waals surface area contributed by atoms with Crippen LogP contribution in [-0.2, 0) is 9.59 Å². The molecule has 0 aromatic heterocycles. The number of hydrogen-bond donors (Lipinski definition) is 2. The molecule has 1 fully saturated rings. The monoisotopic (exact) mass is 429 g/mol. The van der Waals surface area contributed by atoms with Gasteiger partial charge >= 0.3 is 0 Å². The molecule has 1 aliphatic heterocycles. The third-order valence-corrected chi connectivity index (χ3v) is 5.20. The van der Waals surface area contributed by atoms with Crippen LogP contribution in [0, 0.1) is 0 Å².